The van der Waals surface area contributed by atoms with E-state index in [1.807, 2.05) is 57.3 Å². The van der Waals surface area contributed by atoms with E-state index >= 15 is 0 Å². The summed E-state index contributed by atoms with van der Waals surface area (Å²) in [6, 6.07) is 8.83. The number of benzene rings is 1. The van der Waals surface area contributed by atoms with Crippen LogP contribution in [-0.4, -0.2) is 17.9 Å². The highest BCUT2D eigenvalue weighted by Crippen LogP contribution is 2.15. The van der Waals surface area contributed by atoms with Crippen LogP contribution in [0.15, 0.2) is 35.7 Å². The number of carbonyl (C=O) groups excluding carboxylic acids is 2. The van der Waals surface area contributed by atoms with Gasteiger partial charge in [0, 0.05) is 10.4 Å². The molecular weight excluding hydrogens is 320 g/mol. The zero-order valence-corrected chi connectivity index (χ0v) is 15.4. The summed E-state index contributed by atoms with van der Waals surface area (Å²) >= 11 is 1.62. The Morgan fingerprint density at radius 1 is 1.17 bits per heavy atom. The van der Waals surface area contributed by atoms with Gasteiger partial charge in [-0.15, -0.1) is 11.3 Å². The third-order valence-electron chi connectivity index (χ3n) is 3.91. The van der Waals surface area contributed by atoms with Crippen LogP contribution in [0.1, 0.15) is 40.2 Å². The molecule has 0 aliphatic carbocycles. The average Bonchev–Trinajstić information content (AvgIpc) is 2.95. The van der Waals surface area contributed by atoms with Crippen molar-refractivity contribution in [3.63, 3.8) is 0 Å². The van der Waals surface area contributed by atoms with Crippen molar-refractivity contribution in [2.45, 2.75) is 40.3 Å². The monoisotopic (exact) mass is 344 g/mol. The first-order valence-corrected chi connectivity index (χ1v) is 8.94. The molecule has 0 saturated heterocycles. The molecule has 1 unspecified atom stereocenters. The molecule has 5 heteroatoms. The molecule has 1 atom stereocenters. The minimum Gasteiger partial charge on any atom is -0.349 e. The maximum Gasteiger partial charge on any atom is 0.251 e. The van der Waals surface area contributed by atoms with E-state index in [1.54, 1.807) is 17.4 Å². The molecule has 1 heterocycles. The van der Waals surface area contributed by atoms with Crippen LogP contribution in [0.5, 0.6) is 0 Å². The van der Waals surface area contributed by atoms with Gasteiger partial charge in [0.15, 0.2) is 0 Å². The van der Waals surface area contributed by atoms with E-state index in [4.69, 9.17) is 0 Å². The Labute approximate surface area is 147 Å². The van der Waals surface area contributed by atoms with Crippen LogP contribution >= 0.6 is 11.3 Å². The lowest BCUT2D eigenvalue weighted by molar-refractivity contribution is -0.124. The second kappa shape index (κ2) is 8.11. The molecule has 0 saturated carbocycles. The molecule has 2 rings (SSSR count). The van der Waals surface area contributed by atoms with Crippen LogP contribution in [0.4, 0.5) is 0 Å². The summed E-state index contributed by atoms with van der Waals surface area (Å²) in [5.41, 5.74) is 2.76. The number of rotatable bonds is 6. The third kappa shape index (κ3) is 4.68. The van der Waals surface area contributed by atoms with E-state index in [0.717, 1.165) is 10.4 Å². The summed E-state index contributed by atoms with van der Waals surface area (Å²) in [5.74, 6) is -0.373. The Bertz CT molecular complexity index is 722. The average molecular weight is 344 g/mol. The molecule has 2 aromatic rings. The van der Waals surface area contributed by atoms with E-state index in [9.17, 15) is 9.59 Å². The Kier molecular flexibility index (Phi) is 6.15. The number of nitrogens with one attached hydrogen (secondary N) is 2. The molecule has 0 radical (unpaired) electrons. The predicted molar refractivity (Wildman–Crippen MR) is 98.2 cm³/mol. The first kappa shape index (κ1) is 18.2. The van der Waals surface area contributed by atoms with Crippen molar-refractivity contribution < 1.29 is 9.59 Å². The third-order valence-corrected chi connectivity index (χ3v) is 4.93. The Morgan fingerprint density at radius 3 is 2.50 bits per heavy atom. The van der Waals surface area contributed by atoms with E-state index in [0.29, 0.717) is 12.1 Å². The molecule has 0 aliphatic rings. The van der Waals surface area contributed by atoms with Gasteiger partial charge in [-0.2, -0.15) is 0 Å². The molecule has 4 nitrogen and oxygen atoms in total. The topological polar surface area (TPSA) is 58.2 Å². The first-order valence-electron chi connectivity index (χ1n) is 8.06. The van der Waals surface area contributed by atoms with Gasteiger partial charge in [-0.05, 0) is 48.9 Å². The molecule has 1 aromatic carbocycles. The summed E-state index contributed by atoms with van der Waals surface area (Å²) in [6.45, 7) is 8.31. The quantitative estimate of drug-likeness (QED) is 0.843. The molecule has 0 fully saturated rings. The van der Waals surface area contributed by atoms with Crippen LogP contribution < -0.4 is 10.6 Å². The van der Waals surface area contributed by atoms with Crippen molar-refractivity contribution in [2.24, 2.45) is 5.92 Å². The van der Waals surface area contributed by atoms with E-state index in [-0.39, 0.29) is 17.7 Å². The summed E-state index contributed by atoms with van der Waals surface area (Å²) in [6.07, 6.45) is 0. The van der Waals surface area contributed by atoms with Gasteiger partial charge in [-0.3, -0.25) is 9.59 Å². The molecule has 0 spiro atoms. The van der Waals surface area contributed by atoms with Crippen LogP contribution in [0.2, 0.25) is 0 Å². The highest BCUT2D eigenvalue weighted by molar-refractivity contribution is 7.10. The van der Waals surface area contributed by atoms with Crippen LogP contribution in [-0.2, 0) is 11.3 Å². The number of amides is 2. The van der Waals surface area contributed by atoms with Gasteiger partial charge in [0.2, 0.25) is 5.91 Å². The van der Waals surface area contributed by atoms with Crippen molar-refractivity contribution >= 4 is 23.2 Å². The molecule has 2 amide bonds. The largest absolute Gasteiger partial charge is 0.349 e. The fourth-order valence-electron chi connectivity index (χ4n) is 2.41. The number of hydrogen-bond donors (Lipinski definition) is 2. The molecule has 2 N–H and O–H groups in total. The molecule has 24 heavy (non-hydrogen) atoms. The Hall–Kier alpha value is -2.14. The lowest BCUT2D eigenvalue weighted by Gasteiger charge is -2.22. The number of carbonyl (C=O) groups is 2. The van der Waals surface area contributed by atoms with Gasteiger partial charge in [0.25, 0.3) is 5.91 Å². The number of aryl methyl sites for hydroxylation is 2. The van der Waals surface area contributed by atoms with Crippen molar-refractivity contribution in [2.75, 3.05) is 0 Å². The van der Waals surface area contributed by atoms with E-state index < -0.39 is 6.04 Å². The molecule has 1 aromatic heterocycles. The van der Waals surface area contributed by atoms with Crippen LogP contribution in [0.3, 0.4) is 0 Å². The summed E-state index contributed by atoms with van der Waals surface area (Å²) in [4.78, 5) is 26.1. The first-order chi connectivity index (χ1) is 11.4. The summed E-state index contributed by atoms with van der Waals surface area (Å²) in [7, 11) is 0. The fourth-order valence-corrected chi connectivity index (χ4v) is 3.25. The van der Waals surface area contributed by atoms with Gasteiger partial charge in [0.05, 0.1) is 6.54 Å². The SMILES string of the molecule is Cc1cccc(C(=O)NC(C(=O)NCc2sccc2C)C(C)C)c1. The lowest BCUT2D eigenvalue weighted by atomic mass is 10.0. The van der Waals surface area contributed by atoms with Crippen molar-refractivity contribution in [3.8, 4) is 0 Å². The van der Waals surface area contributed by atoms with Gasteiger partial charge in [-0.25, -0.2) is 0 Å². The van der Waals surface area contributed by atoms with E-state index in [1.165, 1.54) is 5.56 Å². The minimum absolute atomic E-state index is 0.00296. The second-order valence-corrected chi connectivity index (χ2v) is 7.31. The standard InChI is InChI=1S/C19H24N2O2S/c1-12(2)17(19(23)20-11-16-14(4)8-9-24-16)21-18(22)15-7-5-6-13(3)10-15/h5-10,12,17H,11H2,1-4H3,(H,20,23)(H,21,22). The second-order valence-electron chi connectivity index (χ2n) is 6.31. The zero-order valence-electron chi connectivity index (χ0n) is 14.6. The normalized spacial score (nSPS) is 12.0. The lowest BCUT2D eigenvalue weighted by Crippen LogP contribution is -2.49. The molecule has 0 bridgehead atoms. The molecule has 0 aliphatic heterocycles. The van der Waals surface area contributed by atoms with Gasteiger partial charge in [0.1, 0.15) is 6.04 Å². The Balaban J connectivity index is 2.01. The zero-order chi connectivity index (χ0) is 17.7. The van der Waals surface area contributed by atoms with Crippen molar-refractivity contribution in [1.29, 1.82) is 0 Å². The minimum atomic E-state index is -0.557. The van der Waals surface area contributed by atoms with E-state index in [2.05, 4.69) is 10.6 Å². The highest BCUT2D eigenvalue weighted by atomic mass is 32.1. The van der Waals surface area contributed by atoms with Gasteiger partial charge >= 0.3 is 0 Å². The van der Waals surface area contributed by atoms with Gasteiger partial charge < -0.3 is 10.6 Å². The van der Waals surface area contributed by atoms with Crippen molar-refractivity contribution in [1.82, 2.24) is 10.6 Å². The number of hydrogen-bond acceptors (Lipinski definition) is 3. The summed E-state index contributed by atoms with van der Waals surface area (Å²) in [5, 5.41) is 7.80. The fraction of sp³-hybridized carbons (Fsp3) is 0.368. The molecule has 128 valence electrons. The highest BCUT2D eigenvalue weighted by Gasteiger charge is 2.24. The maximum atomic E-state index is 12.5. The number of thiophene rings is 1. The van der Waals surface area contributed by atoms with Gasteiger partial charge in [-0.1, -0.05) is 31.5 Å². The summed E-state index contributed by atoms with van der Waals surface area (Å²) < 4.78 is 0. The maximum absolute atomic E-state index is 12.5. The van der Waals surface area contributed by atoms with Crippen molar-refractivity contribution in [3.05, 3.63) is 57.3 Å². The van der Waals surface area contributed by atoms with Crippen LogP contribution in [0.25, 0.3) is 0 Å². The van der Waals surface area contributed by atoms with Crippen LogP contribution in [0, 0.1) is 19.8 Å². The Morgan fingerprint density at radius 2 is 1.92 bits per heavy atom. The smallest absolute Gasteiger partial charge is 0.251 e. The molecular formula is C19H24N2O2S. The predicted octanol–water partition coefficient (Wildman–Crippen LogP) is 3.44.